The first kappa shape index (κ1) is 16.1. The molecule has 0 aliphatic carbocycles. The molecule has 0 saturated carbocycles. The molecule has 3 rings (SSSR count). The molecule has 8 nitrogen and oxygen atoms in total. The second-order valence-corrected chi connectivity index (χ2v) is 5.87. The predicted octanol–water partition coefficient (Wildman–Crippen LogP) is 1.35. The summed E-state index contributed by atoms with van der Waals surface area (Å²) in [5, 5.41) is 3.47. The maximum Gasteiger partial charge on any atom is 0.230 e. The Morgan fingerprint density at radius 1 is 1.33 bits per heavy atom. The molecule has 0 atom stereocenters. The third-order valence-electron chi connectivity index (χ3n) is 3.26. The van der Waals surface area contributed by atoms with Crippen LogP contribution < -0.4 is 15.8 Å². The molecule has 1 amide bonds. The van der Waals surface area contributed by atoms with Gasteiger partial charge in [0.15, 0.2) is 5.65 Å². The summed E-state index contributed by atoms with van der Waals surface area (Å²) >= 11 is 1.28. The van der Waals surface area contributed by atoms with E-state index in [2.05, 4.69) is 25.3 Å². The standard InChI is InChI=1S/C15H16N6O2S/c1-23-10-4-2-9(3-5-10)6-17-11(22)7-24-14-12-13(19-8-18-12)20-15(16)21-14/h2-5,8H,6-7H2,1H3,(H,17,22)(H3,16,18,19,20,21). The number of aromatic nitrogens is 4. The molecular weight excluding hydrogens is 328 g/mol. The molecule has 0 saturated heterocycles. The molecule has 0 unspecified atom stereocenters. The number of imidazole rings is 1. The highest BCUT2D eigenvalue weighted by Gasteiger charge is 2.11. The molecule has 0 bridgehead atoms. The number of benzene rings is 1. The van der Waals surface area contributed by atoms with Gasteiger partial charge in [-0.3, -0.25) is 4.79 Å². The normalized spacial score (nSPS) is 10.7. The van der Waals surface area contributed by atoms with Crippen molar-refractivity contribution < 1.29 is 9.53 Å². The number of thioether (sulfide) groups is 1. The first-order chi connectivity index (χ1) is 11.7. The zero-order valence-corrected chi connectivity index (χ0v) is 13.8. The van der Waals surface area contributed by atoms with Gasteiger partial charge in [-0.15, -0.1) is 0 Å². The van der Waals surface area contributed by atoms with E-state index in [9.17, 15) is 4.79 Å². The number of H-pyrrole nitrogens is 1. The van der Waals surface area contributed by atoms with Crippen molar-refractivity contribution in [2.75, 3.05) is 18.6 Å². The van der Waals surface area contributed by atoms with Crippen molar-refractivity contribution in [2.24, 2.45) is 0 Å². The van der Waals surface area contributed by atoms with Gasteiger partial charge in [-0.1, -0.05) is 23.9 Å². The van der Waals surface area contributed by atoms with Crippen molar-refractivity contribution >= 4 is 34.8 Å². The Labute approximate surface area is 142 Å². The van der Waals surface area contributed by atoms with Crippen molar-refractivity contribution in [1.82, 2.24) is 25.3 Å². The summed E-state index contributed by atoms with van der Waals surface area (Å²) in [5.41, 5.74) is 7.81. The van der Waals surface area contributed by atoms with Gasteiger partial charge >= 0.3 is 0 Å². The van der Waals surface area contributed by atoms with E-state index in [-0.39, 0.29) is 17.6 Å². The number of fused-ring (bicyclic) bond motifs is 1. The maximum atomic E-state index is 12.0. The summed E-state index contributed by atoms with van der Waals surface area (Å²) in [4.78, 5) is 27.2. The number of ether oxygens (including phenoxy) is 1. The Kier molecular flexibility index (Phi) is 4.80. The molecule has 0 aliphatic heterocycles. The van der Waals surface area contributed by atoms with E-state index >= 15 is 0 Å². The van der Waals surface area contributed by atoms with E-state index in [0.717, 1.165) is 11.3 Å². The van der Waals surface area contributed by atoms with Crippen molar-refractivity contribution in [1.29, 1.82) is 0 Å². The Morgan fingerprint density at radius 2 is 2.12 bits per heavy atom. The molecule has 0 aliphatic rings. The van der Waals surface area contributed by atoms with Crippen molar-refractivity contribution in [2.45, 2.75) is 11.6 Å². The molecule has 1 aromatic carbocycles. The van der Waals surface area contributed by atoms with E-state index in [1.165, 1.54) is 18.1 Å². The van der Waals surface area contributed by atoms with Gasteiger partial charge in [0.2, 0.25) is 11.9 Å². The van der Waals surface area contributed by atoms with Gasteiger partial charge in [0.1, 0.15) is 16.3 Å². The average molecular weight is 344 g/mol. The summed E-state index contributed by atoms with van der Waals surface area (Å²) in [5.74, 6) is 1.04. The average Bonchev–Trinajstić information content (AvgIpc) is 3.06. The maximum absolute atomic E-state index is 12.0. The minimum atomic E-state index is -0.0966. The number of carbonyl (C=O) groups is 1. The van der Waals surface area contributed by atoms with Crippen LogP contribution in [0.3, 0.4) is 0 Å². The highest BCUT2D eigenvalue weighted by Crippen LogP contribution is 2.23. The van der Waals surface area contributed by atoms with Crippen molar-refractivity contribution in [3.05, 3.63) is 36.2 Å². The largest absolute Gasteiger partial charge is 0.497 e. The second-order valence-electron chi connectivity index (χ2n) is 4.90. The number of nitrogens with one attached hydrogen (secondary N) is 2. The number of nitrogens with zero attached hydrogens (tertiary/aromatic N) is 3. The van der Waals surface area contributed by atoms with Crippen LogP contribution in [-0.2, 0) is 11.3 Å². The second kappa shape index (κ2) is 7.18. The molecule has 4 N–H and O–H groups in total. The number of carbonyl (C=O) groups excluding carboxylic acids is 1. The van der Waals surface area contributed by atoms with E-state index in [0.29, 0.717) is 22.7 Å². The third kappa shape index (κ3) is 3.74. The quantitative estimate of drug-likeness (QED) is 0.456. The van der Waals surface area contributed by atoms with Gasteiger partial charge in [0.05, 0.1) is 19.2 Å². The van der Waals surface area contributed by atoms with Crippen molar-refractivity contribution in [3.8, 4) is 5.75 Å². The summed E-state index contributed by atoms with van der Waals surface area (Å²) in [6.45, 7) is 0.453. The fourth-order valence-electron chi connectivity index (χ4n) is 2.06. The van der Waals surface area contributed by atoms with Gasteiger partial charge in [0.25, 0.3) is 0 Å². The van der Waals surface area contributed by atoms with Gasteiger partial charge in [0, 0.05) is 6.54 Å². The van der Waals surface area contributed by atoms with E-state index < -0.39 is 0 Å². The molecular formula is C15H16N6O2S. The highest BCUT2D eigenvalue weighted by atomic mass is 32.2. The minimum Gasteiger partial charge on any atom is -0.497 e. The zero-order valence-electron chi connectivity index (χ0n) is 12.9. The molecule has 24 heavy (non-hydrogen) atoms. The Bertz CT molecular complexity index is 849. The van der Waals surface area contributed by atoms with Crippen LogP contribution in [0.25, 0.3) is 11.2 Å². The number of hydrogen-bond acceptors (Lipinski definition) is 7. The monoisotopic (exact) mass is 344 g/mol. The molecule has 3 aromatic rings. The summed E-state index contributed by atoms with van der Waals surface area (Å²) in [6.07, 6.45) is 1.52. The molecule has 0 fully saturated rings. The Morgan fingerprint density at radius 3 is 2.88 bits per heavy atom. The van der Waals surface area contributed by atoms with Gasteiger partial charge in [-0.25, -0.2) is 9.97 Å². The van der Waals surface area contributed by atoms with E-state index in [4.69, 9.17) is 10.5 Å². The van der Waals surface area contributed by atoms with Crippen molar-refractivity contribution in [3.63, 3.8) is 0 Å². The summed E-state index contributed by atoms with van der Waals surface area (Å²) < 4.78 is 5.10. The predicted molar refractivity (Wildman–Crippen MR) is 91.7 cm³/mol. The Balaban J connectivity index is 1.55. The van der Waals surface area contributed by atoms with E-state index in [1.807, 2.05) is 24.3 Å². The molecule has 2 heterocycles. The van der Waals surface area contributed by atoms with Crippen LogP contribution in [0.1, 0.15) is 5.56 Å². The lowest BCUT2D eigenvalue weighted by atomic mass is 10.2. The van der Waals surface area contributed by atoms with Gasteiger partial charge in [-0.05, 0) is 17.7 Å². The number of nitrogens with two attached hydrogens (primary N) is 1. The lowest BCUT2D eigenvalue weighted by Crippen LogP contribution is -2.24. The topological polar surface area (TPSA) is 119 Å². The number of hydrogen-bond donors (Lipinski definition) is 3. The number of methoxy groups -OCH3 is 1. The zero-order chi connectivity index (χ0) is 16.9. The smallest absolute Gasteiger partial charge is 0.230 e. The third-order valence-corrected chi connectivity index (χ3v) is 4.23. The lowest BCUT2D eigenvalue weighted by molar-refractivity contribution is -0.118. The number of aromatic amines is 1. The fourth-order valence-corrected chi connectivity index (χ4v) is 2.88. The first-order valence-electron chi connectivity index (χ1n) is 7.14. The molecule has 124 valence electrons. The molecule has 2 aromatic heterocycles. The Hall–Kier alpha value is -2.81. The van der Waals surface area contributed by atoms with Crippen LogP contribution in [0.4, 0.5) is 5.95 Å². The van der Waals surface area contributed by atoms with Crippen LogP contribution in [0.2, 0.25) is 0 Å². The molecule has 9 heteroatoms. The number of anilines is 1. The van der Waals surface area contributed by atoms with E-state index in [1.54, 1.807) is 7.11 Å². The van der Waals surface area contributed by atoms with Crippen LogP contribution in [0.15, 0.2) is 35.6 Å². The lowest BCUT2D eigenvalue weighted by Gasteiger charge is -2.06. The fraction of sp³-hybridized carbons (Fsp3) is 0.200. The number of rotatable bonds is 6. The molecule has 0 radical (unpaired) electrons. The minimum absolute atomic E-state index is 0.0966. The van der Waals surface area contributed by atoms with Gasteiger partial charge in [-0.2, -0.15) is 4.98 Å². The first-order valence-corrected chi connectivity index (χ1v) is 8.13. The number of nitrogen functional groups attached to an aromatic ring is 1. The summed E-state index contributed by atoms with van der Waals surface area (Å²) in [7, 11) is 1.62. The highest BCUT2D eigenvalue weighted by molar-refractivity contribution is 8.00. The SMILES string of the molecule is COc1ccc(CNC(=O)CSc2nc(N)nc3nc[nH]c23)cc1. The van der Waals surface area contributed by atoms with Crippen LogP contribution in [-0.4, -0.2) is 38.7 Å². The van der Waals surface area contributed by atoms with Crippen LogP contribution in [0, 0.1) is 0 Å². The van der Waals surface area contributed by atoms with Crippen LogP contribution >= 0.6 is 11.8 Å². The number of amides is 1. The molecule has 0 spiro atoms. The summed E-state index contributed by atoms with van der Waals surface area (Å²) in [6, 6.07) is 7.53. The van der Waals surface area contributed by atoms with Crippen LogP contribution in [0.5, 0.6) is 5.75 Å². The van der Waals surface area contributed by atoms with Gasteiger partial charge < -0.3 is 20.8 Å².